The fraction of sp³-hybridized carbons (Fsp3) is 0.500. The lowest BCUT2D eigenvalue weighted by atomic mass is 10.00. The SMILES string of the molecule is CCOc1cccc(C(=O)N2CC[C@@](O)(c3cn(C(C)C)nn3)C2)c1. The fourth-order valence-corrected chi connectivity index (χ4v) is 2.99. The lowest BCUT2D eigenvalue weighted by molar-refractivity contribution is 0.0381. The normalized spacial score (nSPS) is 20.3. The molecule has 3 rings (SSSR count). The fourth-order valence-electron chi connectivity index (χ4n) is 2.99. The maximum Gasteiger partial charge on any atom is 0.254 e. The van der Waals surface area contributed by atoms with Crippen LogP contribution < -0.4 is 4.74 Å². The van der Waals surface area contributed by atoms with E-state index in [2.05, 4.69) is 10.3 Å². The number of hydrogen-bond donors (Lipinski definition) is 1. The van der Waals surface area contributed by atoms with Crippen molar-refractivity contribution >= 4 is 5.91 Å². The number of carbonyl (C=O) groups is 1. The van der Waals surface area contributed by atoms with Gasteiger partial charge in [0.2, 0.25) is 0 Å². The monoisotopic (exact) mass is 344 g/mol. The minimum atomic E-state index is -1.15. The van der Waals surface area contributed by atoms with Gasteiger partial charge in [-0.2, -0.15) is 0 Å². The van der Waals surface area contributed by atoms with E-state index in [0.29, 0.717) is 36.6 Å². The predicted molar refractivity (Wildman–Crippen MR) is 92.4 cm³/mol. The summed E-state index contributed by atoms with van der Waals surface area (Å²) in [5, 5.41) is 19.1. The van der Waals surface area contributed by atoms with E-state index >= 15 is 0 Å². The zero-order valence-electron chi connectivity index (χ0n) is 14.8. The van der Waals surface area contributed by atoms with Crippen LogP contribution in [-0.4, -0.2) is 50.6 Å². The van der Waals surface area contributed by atoms with Crippen LogP contribution in [0, 0.1) is 0 Å². The molecular formula is C18H24N4O3. The van der Waals surface area contributed by atoms with Gasteiger partial charge in [0.15, 0.2) is 0 Å². The van der Waals surface area contributed by atoms with Crippen molar-refractivity contribution in [1.29, 1.82) is 0 Å². The van der Waals surface area contributed by atoms with Crippen molar-refractivity contribution in [3.05, 3.63) is 41.7 Å². The van der Waals surface area contributed by atoms with E-state index in [4.69, 9.17) is 4.74 Å². The molecule has 1 aliphatic heterocycles. The number of aliphatic hydroxyl groups is 1. The second-order valence-electron chi connectivity index (χ2n) is 6.65. The molecule has 0 aliphatic carbocycles. The molecule has 1 atom stereocenters. The molecule has 1 aliphatic rings. The zero-order chi connectivity index (χ0) is 18.0. The van der Waals surface area contributed by atoms with E-state index in [9.17, 15) is 9.90 Å². The van der Waals surface area contributed by atoms with E-state index in [-0.39, 0.29) is 18.5 Å². The molecule has 1 amide bonds. The number of rotatable bonds is 5. The first-order chi connectivity index (χ1) is 11.9. The van der Waals surface area contributed by atoms with Crippen LogP contribution in [0.3, 0.4) is 0 Å². The lowest BCUT2D eigenvalue weighted by Crippen LogP contribution is -2.34. The highest BCUT2D eigenvalue weighted by molar-refractivity contribution is 5.94. The average Bonchev–Trinajstić information content (AvgIpc) is 3.23. The topological polar surface area (TPSA) is 80.5 Å². The molecule has 1 N–H and O–H groups in total. The summed E-state index contributed by atoms with van der Waals surface area (Å²) in [7, 11) is 0. The van der Waals surface area contributed by atoms with Gasteiger partial charge in [0, 0.05) is 24.6 Å². The van der Waals surface area contributed by atoms with Crippen LogP contribution in [0.5, 0.6) is 5.75 Å². The minimum absolute atomic E-state index is 0.117. The number of β-amino-alcohol motifs (C(OH)–C–C–N with tert-alkyl or cyclic N) is 1. The number of likely N-dealkylation sites (tertiary alicyclic amines) is 1. The Balaban J connectivity index is 1.75. The maximum atomic E-state index is 12.8. The Bertz CT molecular complexity index is 758. The molecule has 0 radical (unpaired) electrons. The van der Waals surface area contributed by atoms with Gasteiger partial charge in [-0.05, 0) is 39.0 Å². The Morgan fingerprint density at radius 1 is 1.44 bits per heavy atom. The molecule has 0 spiro atoms. The number of amides is 1. The van der Waals surface area contributed by atoms with Gasteiger partial charge in [0.25, 0.3) is 5.91 Å². The summed E-state index contributed by atoms with van der Waals surface area (Å²) >= 11 is 0. The molecular weight excluding hydrogens is 320 g/mol. The largest absolute Gasteiger partial charge is 0.494 e. The van der Waals surface area contributed by atoms with Crippen LogP contribution in [0.1, 0.15) is 49.3 Å². The molecule has 1 fully saturated rings. The van der Waals surface area contributed by atoms with Gasteiger partial charge in [-0.1, -0.05) is 11.3 Å². The van der Waals surface area contributed by atoms with Crippen LogP contribution in [-0.2, 0) is 5.60 Å². The predicted octanol–water partition coefficient (Wildman–Crippen LogP) is 1.99. The molecule has 134 valence electrons. The zero-order valence-corrected chi connectivity index (χ0v) is 14.8. The summed E-state index contributed by atoms with van der Waals surface area (Å²) in [4.78, 5) is 14.4. The highest BCUT2D eigenvalue weighted by atomic mass is 16.5. The number of benzene rings is 1. The van der Waals surface area contributed by atoms with Crippen LogP contribution in [0.25, 0.3) is 0 Å². The van der Waals surface area contributed by atoms with E-state index in [1.165, 1.54) is 0 Å². The Labute approximate surface area is 147 Å². The molecule has 7 nitrogen and oxygen atoms in total. The molecule has 0 bridgehead atoms. The van der Waals surface area contributed by atoms with Crippen LogP contribution in [0.2, 0.25) is 0 Å². The first-order valence-electron chi connectivity index (χ1n) is 8.60. The summed E-state index contributed by atoms with van der Waals surface area (Å²) in [6, 6.07) is 7.29. The highest BCUT2D eigenvalue weighted by Gasteiger charge is 2.42. The second-order valence-corrected chi connectivity index (χ2v) is 6.65. The van der Waals surface area contributed by atoms with Crippen molar-refractivity contribution in [1.82, 2.24) is 19.9 Å². The van der Waals surface area contributed by atoms with E-state index < -0.39 is 5.60 Å². The third-order valence-corrected chi connectivity index (χ3v) is 4.44. The first-order valence-corrected chi connectivity index (χ1v) is 8.60. The molecule has 2 aromatic rings. The second kappa shape index (κ2) is 6.84. The van der Waals surface area contributed by atoms with Crippen molar-refractivity contribution in [3.63, 3.8) is 0 Å². The van der Waals surface area contributed by atoms with Crippen LogP contribution >= 0.6 is 0 Å². The number of nitrogens with zero attached hydrogens (tertiary/aromatic N) is 4. The molecule has 0 saturated carbocycles. The van der Waals surface area contributed by atoms with Crippen molar-refractivity contribution in [2.75, 3.05) is 19.7 Å². The Morgan fingerprint density at radius 2 is 2.24 bits per heavy atom. The van der Waals surface area contributed by atoms with Crippen molar-refractivity contribution in [2.45, 2.75) is 38.8 Å². The van der Waals surface area contributed by atoms with Gasteiger partial charge in [0.05, 0.1) is 19.3 Å². The van der Waals surface area contributed by atoms with Gasteiger partial charge in [-0.25, -0.2) is 4.68 Å². The van der Waals surface area contributed by atoms with Gasteiger partial charge < -0.3 is 14.7 Å². The van der Waals surface area contributed by atoms with Gasteiger partial charge in [-0.15, -0.1) is 5.10 Å². The van der Waals surface area contributed by atoms with Crippen LogP contribution in [0.4, 0.5) is 0 Å². The van der Waals surface area contributed by atoms with Crippen molar-refractivity contribution in [3.8, 4) is 5.75 Å². The summed E-state index contributed by atoms with van der Waals surface area (Å²) < 4.78 is 7.17. The summed E-state index contributed by atoms with van der Waals surface area (Å²) in [5.74, 6) is 0.552. The highest BCUT2D eigenvalue weighted by Crippen LogP contribution is 2.32. The third-order valence-electron chi connectivity index (χ3n) is 4.44. The molecule has 7 heteroatoms. The van der Waals surface area contributed by atoms with E-state index in [1.807, 2.05) is 26.8 Å². The average molecular weight is 344 g/mol. The number of aromatic nitrogens is 3. The van der Waals surface area contributed by atoms with Gasteiger partial charge >= 0.3 is 0 Å². The maximum absolute atomic E-state index is 12.8. The quantitative estimate of drug-likeness (QED) is 0.897. The smallest absolute Gasteiger partial charge is 0.254 e. The van der Waals surface area contributed by atoms with E-state index in [1.54, 1.807) is 34.0 Å². The van der Waals surface area contributed by atoms with Crippen molar-refractivity contribution < 1.29 is 14.6 Å². The Morgan fingerprint density at radius 3 is 2.92 bits per heavy atom. The minimum Gasteiger partial charge on any atom is -0.494 e. The molecule has 2 heterocycles. The Hall–Kier alpha value is -2.41. The molecule has 1 saturated heterocycles. The van der Waals surface area contributed by atoms with E-state index in [0.717, 1.165) is 0 Å². The molecule has 25 heavy (non-hydrogen) atoms. The summed E-state index contributed by atoms with van der Waals surface area (Å²) in [6.45, 7) is 7.13. The summed E-state index contributed by atoms with van der Waals surface area (Å²) in [5.41, 5.74) is -0.0824. The molecule has 1 aromatic carbocycles. The molecule has 1 aromatic heterocycles. The standard InChI is InChI=1S/C18H24N4O3/c1-4-25-15-7-5-6-14(10-15)17(23)21-9-8-18(24,12-21)16-11-22(13(2)3)20-19-16/h5-7,10-11,13,24H,4,8-9,12H2,1-3H3/t18-/m0/s1. The van der Waals surface area contributed by atoms with Gasteiger partial charge in [0.1, 0.15) is 17.0 Å². The van der Waals surface area contributed by atoms with Crippen molar-refractivity contribution in [2.24, 2.45) is 0 Å². The third kappa shape index (κ3) is 3.51. The van der Waals surface area contributed by atoms with Gasteiger partial charge in [-0.3, -0.25) is 4.79 Å². The first kappa shape index (κ1) is 17.4. The Kier molecular flexibility index (Phi) is 4.76. The lowest BCUT2D eigenvalue weighted by Gasteiger charge is -2.21. The number of carbonyl (C=O) groups excluding carboxylic acids is 1. The number of hydrogen-bond acceptors (Lipinski definition) is 5. The van der Waals surface area contributed by atoms with Crippen LogP contribution in [0.15, 0.2) is 30.5 Å². The molecule has 0 unspecified atom stereocenters. The number of ether oxygens (including phenoxy) is 1. The summed E-state index contributed by atoms with van der Waals surface area (Å²) in [6.07, 6.45) is 2.20.